The van der Waals surface area contributed by atoms with Gasteiger partial charge in [-0.1, -0.05) is 47.5 Å². The Labute approximate surface area is 104 Å². The van der Waals surface area contributed by atoms with Gasteiger partial charge in [-0.05, 0) is 31.0 Å². The largest absolute Gasteiger partial charge is 0.137 e. The summed E-state index contributed by atoms with van der Waals surface area (Å²) in [6.45, 7) is 11.5. The van der Waals surface area contributed by atoms with Gasteiger partial charge in [0.1, 0.15) is 8.07 Å². The van der Waals surface area contributed by atoms with E-state index in [4.69, 9.17) is 0 Å². The van der Waals surface area contributed by atoms with Crippen LogP contribution in [0.5, 0.6) is 0 Å². The maximum absolute atomic E-state index is 3.73. The average Bonchev–Trinajstić information content (AvgIpc) is 2.35. The van der Waals surface area contributed by atoms with Gasteiger partial charge in [0.05, 0.1) is 0 Å². The van der Waals surface area contributed by atoms with Crippen LogP contribution < -0.4 is 0 Å². The van der Waals surface area contributed by atoms with Crippen molar-refractivity contribution in [3.05, 3.63) is 0 Å². The van der Waals surface area contributed by atoms with E-state index < -0.39 is 8.07 Å². The summed E-state index contributed by atoms with van der Waals surface area (Å²) in [5.41, 5.74) is 3.73. The molecular weight excluding hydrogens is 208 g/mol. The van der Waals surface area contributed by atoms with Crippen molar-refractivity contribution in [2.45, 2.75) is 78.4 Å². The molecule has 0 N–H and O–H groups in total. The molecule has 1 heteroatoms. The SMILES string of the molecule is CCCCC(C#C[Si](CC)(CC)CC)CC. The molecule has 0 aliphatic heterocycles. The summed E-state index contributed by atoms with van der Waals surface area (Å²) < 4.78 is 0. The van der Waals surface area contributed by atoms with E-state index in [0.717, 1.165) is 0 Å². The van der Waals surface area contributed by atoms with Crippen molar-refractivity contribution in [3.8, 4) is 11.5 Å². The standard InChI is InChI=1S/C15H30Si/c1-6-11-12-15(7-2)13-14-16(8-3,9-4)10-5/h15H,6-12H2,1-5H3. The third kappa shape index (κ3) is 5.21. The molecule has 0 nitrogen and oxygen atoms in total. The van der Waals surface area contributed by atoms with Gasteiger partial charge in [0, 0.05) is 5.92 Å². The molecule has 0 aromatic heterocycles. The van der Waals surface area contributed by atoms with E-state index in [1.165, 1.54) is 43.8 Å². The third-order valence-corrected chi connectivity index (χ3v) is 8.71. The van der Waals surface area contributed by atoms with Crippen LogP contribution in [0.1, 0.15) is 60.3 Å². The second kappa shape index (κ2) is 8.88. The van der Waals surface area contributed by atoms with Crippen LogP contribution in [0.3, 0.4) is 0 Å². The molecule has 0 heterocycles. The van der Waals surface area contributed by atoms with Gasteiger partial charge in [-0.3, -0.25) is 0 Å². The Kier molecular flexibility index (Phi) is 8.75. The van der Waals surface area contributed by atoms with Gasteiger partial charge in [-0.25, -0.2) is 0 Å². The quantitative estimate of drug-likeness (QED) is 0.419. The molecule has 0 saturated heterocycles. The molecule has 0 bridgehead atoms. The van der Waals surface area contributed by atoms with Crippen LogP contribution in [0.15, 0.2) is 0 Å². The Hall–Kier alpha value is -0.223. The molecule has 0 aliphatic rings. The Morgan fingerprint density at radius 3 is 1.88 bits per heavy atom. The molecule has 1 unspecified atom stereocenters. The zero-order valence-electron chi connectivity index (χ0n) is 12.0. The lowest BCUT2D eigenvalue weighted by Crippen LogP contribution is -2.29. The van der Waals surface area contributed by atoms with Crippen molar-refractivity contribution in [3.63, 3.8) is 0 Å². The van der Waals surface area contributed by atoms with E-state index in [2.05, 4.69) is 46.1 Å². The number of rotatable bonds is 7. The van der Waals surface area contributed by atoms with Crippen molar-refractivity contribution in [2.75, 3.05) is 0 Å². The monoisotopic (exact) mass is 238 g/mol. The number of hydrogen-bond donors (Lipinski definition) is 0. The minimum atomic E-state index is -1.20. The van der Waals surface area contributed by atoms with E-state index in [0.29, 0.717) is 5.92 Å². The van der Waals surface area contributed by atoms with Gasteiger partial charge in [0.2, 0.25) is 0 Å². The first-order valence-corrected chi connectivity index (χ1v) is 9.82. The molecule has 0 fully saturated rings. The molecule has 94 valence electrons. The van der Waals surface area contributed by atoms with Gasteiger partial charge < -0.3 is 0 Å². The summed E-state index contributed by atoms with van der Waals surface area (Å²) in [5.74, 6) is 4.27. The number of unbranched alkanes of at least 4 members (excludes halogenated alkanes) is 1. The van der Waals surface area contributed by atoms with Gasteiger partial charge >= 0.3 is 0 Å². The Morgan fingerprint density at radius 2 is 1.50 bits per heavy atom. The van der Waals surface area contributed by atoms with E-state index >= 15 is 0 Å². The summed E-state index contributed by atoms with van der Waals surface area (Å²) in [4.78, 5) is 0. The first kappa shape index (κ1) is 15.8. The van der Waals surface area contributed by atoms with Crippen LogP contribution >= 0.6 is 0 Å². The van der Waals surface area contributed by atoms with Crippen LogP contribution in [0.25, 0.3) is 0 Å². The van der Waals surface area contributed by atoms with Crippen LogP contribution in [0.4, 0.5) is 0 Å². The third-order valence-electron chi connectivity index (χ3n) is 3.97. The second-order valence-corrected chi connectivity index (χ2v) is 9.79. The molecule has 0 amide bonds. The second-order valence-electron chi connectivity index (χ2n) is 4.86. The van der Waals surface area contributed by atoms with Gasteiger partial charge in [-0.2, -0.15) is 0 Å². The molecule has 0 aliphatic carbocycles. The van der Waals surface area contributed by atoms with E-state index in [-0.39, 0.29) is 0 Å². The van der Waals surface area contributed by atoms with Crippen LogP contribution in [0, 0.1) is 17.4 Å². The fourth-order valence-electron chi connectivity index (χ4n) is 2.10. The van der Waals surface area contributed by atoms with Crippen LogP contribution in [-0.2, 0) is 0 Å². The summed E-state index contributed by atoms with van der Waals surface area (Å²) in [7, 11) is -1.20. The van der Waals surface area contributed by atoms with E-state index in [1.807, 2.05) is 0 Å². The Bertz CT molecular complexity index is 209. The van der Waals surface area contributed by atoms with Crippen LogP contribution in [0.2, 0.25) is 18.1 Å². The van der Waals surface area contributed by atoms with Crippen molar-refractivity contribution in [1.82, 2.24) is 0 Å². The predicted octanol–water partition coefficient (Wildman–Crippen LogP) is 5.25. The molecular formula is C15H30Si. The predicted molar refractivity (Wildman–Crippen MR) is 78.3 cm³/mol. The molecule has 0 spiro atoms. The molecule has 0 aromatic rings. The smallest absolute Gasteiger partial charge is 0.131 e. The summed E-state index contributed by atoms with van der Waals surface area (Å²) in [6.07, 6.45) is 5.18. The fraction of sp³-hybridized carbons (Fsp3) is 0.867. The lowest BCUT2D eigenvalue weighted by atomic mass is 10.0. The van der Waals surface area contributed by atoms with E-state index in [1.54, 1.807) is 0 Å². The maximum Gasteiger partial charge on any atom is 0.137 e. The lowest BCUT2D eigenvalue weighted by Gasteiger charge is -2.20. The summed E-state index contributed by atoms with van der Waals surface area (Å²) in [5, 5.41) is 0. The zero-order valence-corrected chi connectivity index (χ0v) is 13.0. The number of hydrogen-bond acceptors (Lipinski definition) is 0. The molecule has 0 radical (unpaired) electrons. The highest BCUT2D eigenvalue weighted by molar-refractivity contribution is 6.87. The molecule has 0 rings (SSSR count). The molecule has 0 aromatic carbocycles. The first-order valence-electron chi connectivity index (χ1n) is 7.20. The average molecular weight is 238 g/mol. The van der Waals surface area contributed by atoms with Gasteiger partial charge in [0.25, 0.3) is 0 Å². The lowest BCUT2D eigenvalue weighted by molar-refractivity contribution is 0.556. The van der Waals surface area contributed by atoms with E-state index in [9.17, 15) is 0 Å². The minimum Gasteiger partial charge on any atom is -0.131 e. The molecule has 1 atom stereocenters. The van der Waals surface area contributed by atoms with Gasteiger partial charge in [-0.15, -0.1) is 11.5 Å². The highest BCUT2D eigenvalue weighted by atomic mass is 28.3. The van der Waals surface area contributed by atoms with Crippen molar-refractivity contribution in [1.29, 1.82) is 0 Å². The highest BCUT2D eigenvalue weighted by Crippen LogP contribution is 2.20. The van der Waals surface area contributed by atoms with Crippen LogP contribution in [-0.4, -0.2) is 8.07 Å². The van der Waals surface area contributed by atoms with Crippen molar-refractivity contribution in [2.24, 2.45) is 5.92 Å². The summed E-state index contributed by atoms with van der Waals surface area (Å²) >= 11 is 0. The normalized spacial score (nSPS) is 13.1. The topological polar surface area (TPSA) is 0 Å². The minimum absolute atomic E-state index is 0.663. The maximum atomic E-state index is 3.73. The fourth-order valence-corrected chi connectivity index (χ4v) is 4.64. The Morgan fingerprint density at radius 1 is 0.938 bits per heavy atom. The first-order chi connectivity index (χ1) is 7.67. The van der Waals surface area contributed by atoms with Crippen molar-refractivity contribution >= 4 is 8.07 Å². The summed E-state index contributed by atoms with van der Waals surface area (Å²) in [6, 6.07) is 3.99. The van der Waals surface area contributed by atoms with Gasteiger partial charge in [0.15, 0.2) is 0 Å². The Balaban J connectivity index is 4.50. The zero-order chi connectivity index (χ0) is 12.4. The highest BCUT2D eigenvalue weighted by Gasteiger charge is 2.24. The van der Waals surface area contributed by atoms with Crippen molar-refractivity contribution < 1.29 is 0 Å². The molecule has 16 heavy (non-hydrogen) atoms. The molecule has 0 saturated carbocycles.